The van der Waals surface area contributed by atoms with Gasteiger partial charge in [-0.1, -0.05) is 6.07 Å². The fourth-order valence-corrected chi connectivity index (χ4v) is 2.64. The summed E-state index contributed by atoms with van der Waals surface area (Å²) in [6.07, 6.45) is 0. The van der Waals surface area contributed by atoms with Crippen LogP contribution in [0.4, 0.5) is 11.4 Å². The molecule has 0 saturated heterocycles. The topological polar surface area (TPSA) is 140 Å². The van der Waals surface area contributed by atoms with E-state index in [-0.39, 0.29) is 17.9 Å². The number of carbonyl (C=O) groups excluding carboxylic acids is 1. The molecule has 1 amide bonds. The maximum atomic E-state index is 12.0. The van der Waals surface area contributed by atoms with Gasteiger partial charge >= 0.3 is 0 Å². The third-order valence-corrected chi connectivity index (χ3v) is 3.73. The van der Waals surface area contributed by atoms with Gasteiger partial charge in [-0.25, -0.2) is 10.1 Å². The number of nitrogens with two attached hydrogens (primary N) is 2. The van der Waals surface area contributed by atoms with Gasteiger partial charge in [-0.2, -0.15) is 8.42 Å². The molecule has 2 aromatic rings. The molecule has 2 rings (SSSR count). The number of thiazole rings is 1. The molecule has 0 unspecified atom stereocenters. The van der Waals surface area contributed by atoms with E-state index in [2.05, 4.69) is 15.0 Å². The summed E-state index contributed by atoms with van der Waals surface area (Å²) in [5.41, 5.74) is 6.35. The van der Waals surface area contributed by atoms with Gasteiger partial charge in [0.05, 0.1) is 5.69 Å². The van der Waals surface area contributed by atoms with Crippen LogP contribution in [-0.4, -0.2) is 19.3 Å². The number of nitrogens with one attached hydrogen (secondary N) is 2. The van der Waals surface area contributed by atoms with E-state index in [1.807, 2.05) is 0 Å². The molecule has 0 radical (unpaired) electrons. The van der Waals surface area contributed by atoms with Crippen molar-refractivity contribution in [2.24, 2.45) is 10.9 Å². The molecule has 0 atom stereocenters. The van der Waals surface area contributed by atoms with Crippen molar-refractivity contribution in [3.63, 3.8) is 0 Å². The zero-order valence-electron chi connectivity index (χ0n) is 10.7. The molecule has 0 aliphatic rings. The van der Waals surface area contributed by atoms with E-state index in [1.54, 1.807) is 17.5 Å². The molecule has 6 N–H and O–H groups in total. The summed E-state index contributed by atoms with van der Waals surface area (Å²) in [6.45, 7) is 0.270. The molecule has 112 valence electrons. The molecule has 0 fully saturated rings. The zero-order chi connectivity index (χ0) is 15.5. The molecule has 0 spiro atoms. The van der Waals surface area contributed by atoms with Gasteiger partial charge in [-0.15, -0.1) is 11.3 Å². The van der Waals surface area contributed by atoms with E-state index in [4.69, 9.17) is 10.9 Å². The van der Waals surface area contributed by atoms with Crippen LogP contribution in [0.1, 0.15) is 15.5 Å². The lowest BCUT2D eigenvalue weighted by Gasteiger charge is -2.07. The average Bonchev–Trinajstić information content (AvgIpc) is 2.85. The average molecular weight is 327 g/mol. The van der Waals surface area contributed by atoms with Gasteiger partial charge in [0.25, 0.3) is 16.1 Å². The van der Waals surface area contributed by atoms with Crippen LogP contribution in [0.25, 0.3) is 0 Å². The predicted octanol–water partition coefficient (Wildman–Crippen LogP) is 0.469. The molecule has 1 heterocycles. The van der Waals surface area contributed by atoms with Crippen molar-refractivity contribution >= 4 is 38.8 Å². The summed E-state index contributed by atoms with van der Waals surface area (Å²) in [5, 5.41) is 9.75. The van der Waals surface area contributed by atoms with E-state index < -0.39 is 16.1 Å². The van der Waals surface area contributed by atoms with Gasteiger partial charge in [0.1, 0.15) is 10.7 Å². The molecule has 8 nitrogen and oxygen atoms in total. The highest BCUT2D eigenvalue weighted by Crippen LogP contribution is 2.17. The minimum absolute atomic E-state index is 0.247. The highest BCUT2D eigenvalue weighted by atomic mass is 32.2. The van der Waals surface area contributed by atoms with Crippen LogP contribution in [0.3, 0.4) is 0 Å². The van der Waals surface area contributed by atoms with Crippen LogP contribution in [0, 0.1) is 0 Å². The van der Waals surface area contributed by atoms with Gasteiger partial charge in [-0.05, 0) is 18.2 Å². The minimum atomic E-state index is -3.86. The van der Waals surface area contributed by atoms with Crippen molar-refractivity contribution in [2.45, 2.75) is 6.54 Å². The van der Waals surface area contributed by atoms with E-state index in [0.717, 1.165) is 0 Å². The standard InChI is InChI=1S/C11H13N5O3S2/c12-5-10-15-9(6-20-10)11(17)14-7-2-1-3-8(4-7)16-21(13,18)19/h1-4,6,16H,5,12H2,(H,14,17)(H2,13,18,19). The third-order valence-electron chi connectivity index (χ3n) is 2.34. The second-order valence-corrected chi connectivity index (χ2v) is 6.25. The number of hydrogen-bond acceptors (Lipinski definition) is 6. The van der Waals surface area contributed by atoms with E-state index in [9.17, 15) is 13.2 Å². The number of amides is 1. The van der Waals surface area contributed by atoms with Gasteiger partial charge < -0.3 is 11.1 Å². The first kappa shape index (κ1) is 15.4. The first-order valence-corrected chi connectivity index (χ1v) is 8.16. The highest BCUT2D eigenvalue weighted by Gasteiger charge is 2.11. The van der Waals surface area contributed by atoms with E-state index in [0.29, 0.717) is 10.7 Å². The molecule has 10 heteroatoms. The first-order valence-electron chi connectivity index (χ1n) is 5.74. The summed E-state index contributed by atoms with van der Waals surface area (Å²) in [6, 6.07) is 6.14. The van der Waals surface area contributed by atoms with Crippen molar-refractivity contribution in [1.29, 1.82) is 0 Å². The number of aromatic nitrogens is 1. The van der Waals surface area contributed by atoms with Gasteiger partial charge in [0, 0.05) is 17.6 Å². The number of nitrogens with zero attached hydrogens (tertiary/aromatic N) is 1. The SMILES string of the molecule is NCc1nc(C(=O)Nc2cccc(NS(N)(=O)=O)c2)cs1. The predicted molar refractivity (Wildman–Crippen MR) is 81.1 cm³/mol. The molecule has 21 heavy (non-hydrogen) atoms. The summed E-state index contributed by atoms with van der Waals surface area (Å²) in [5.74, 6) is -0.404. The summed E-state index contributed by atoms with van der Waals surface area (Å²) in [4.78, 5) is 16.0. The van der Waals surface area contributed by atoms with Gasteiger partial charge in [-0.3, -0.25) is 9.52 Å². The Labute approximate surface area is 125 Å². The Morgan fingerprint density at radius 1 is 1.33 bits per heavy atom. The monoisotopic (exact) mass is 327 g/mol. The van der Waals surface area contributed by atoms with Crippen molar-refractivity contribution in [3.05, 3.63) is 40.3 Å². The second kappa shape index (κ2) is 6.18. The number of carbonyl (C=O) groups is 1. The van der Waals surface area contributed by atoms with Crippen LogP contribution in [0.5, 0.6) is 0 Å². The van der Waals surface area contributed by atoms with Crippen molar-refractivity contribution in [1.82, 2.24) is 4.98 Å². The first-order chi connectivity index (χ1) is 9.87. The second-order valence-electron chi connectivity index (χ2n) is 4.01. The lowest BCUT2D eigenvalue weighted by Crippen LogP contribution is -2.21. The molecule has 0 saturated carbocycles. The molecule has 0 aliphatic heterocycles. The summed E-state index contributed by atoms with van der Waals surface area (Å²) < 4.78 is 24.0. The lowest BCUT2D eigenvalue weighted by atomic mass is 10.3. The van der Waals surface area contributed by atoms with Crippen LogP contribution in [-0.2, 0) is 16.8 Å². The maximum Gasteiger partial charge on any atom is 0.296 e. The molecular formula is C11H13N5O3S2. The van der Waals surface area contributed by atoms with Crippen molar-refractivity contribution in [3.8, 4) is 0 Å². The normalized spacial score (nSPS) is 11.1. The molecule has 1 aromatic heterocycles. The molecular weight excluding hydrogens is 314 g/mol. The van der Waals surface area contributed by atoms with Crippen LogP contribution < -0.4 is 20.9 Å². The minimum Gasteiger partial charge on any atom is -0.325 e. The molecule has 0 bridgehead atoms. The van der Waals surface area contributed by atoms with Gasteiger partial charge in [0.2, 0.25) is 0 Å². The van der Waals surface area contributed by atoms with E-state index in [1.165, 1.54) is 23.5 Å². The maximum absolute atomic E-state index is 12.0. The number of rotatable bonds is 5. The molecule has 0 aliphatic carbocycles. The van der Waals surface area contributed by atoms with Crippen LogP contribution >= 0.6 is 11.3 Å². The lowest BCUT2D eigenvalue weighted by molar-refractivity contribution is 0.102. The highest BCUT2D eigenvalue weighted by molar-refractivity contribution is 7.90. The Hall–Kier alpha value is -2.01. The van der Waals surface area contributed by atoms with Crippen LogP contribution in [0.15, 0.2) is 29.6 Å². The van der Waals surface area contributed by atoms with Crippen LogP contribution in [0.2, 0.25) is 0 Å². The Balaban J connectivity index is 2.12. The Bertz CT molecular complexity index is 757. The quantitative estimate of drug-likeness (QED) is 0.632. The van der Waals surface area contributed by atoms with Crippen molar-refractivity contribution < 1.29 is 13.2 Å². The van der Waals surface area contributed by atoms with E-state index >= 15 is 0 Å². The molecule has 1 aromatic carbocycles. The van der Waals surface area contributed by atoms with Gasteiger partial charge in [0.15, 0.2) is 0 Å². The number of benzene rings is 1. The third kappa shape index (κ3) is 4.49. The fourth-order valence-electron chi connectivity index (χ4n) is 1.53. The fraction of sp³-hybridized carbons (Fsp3) is 0.0909. The summed E-state index contributed by atoms with van der Waals surface area (Å²) in [7, 11) is -3.86. The Morgan fingerprint density at radius 3 is 2.67 bits per heavy atom. The Kier molecular flexibility index (Phi) is 4.53. The Morgan fingerprint density at radius 2 is 2.05 bits per heavy atom. The number of hydrogen-bond donors (Lipinski definition) is 4. The zero-order valence-corrected chi connectivity index (χ0v) is 12.4. The summed E-state index contributed by atoms with van der Waals surface area (Å²) >= 11 is 1.29. The largest absolute Gasteiger partial charge is 0.325 e. The van der Waals surface area contributed by atoms with Crippen molar-refractivity contribution in [2.75, 3.05) is 10.0 Å². The number of anilines is 2. The smallest absolute Gasteiger partial charge is 0.296 e.